The van der Waals surface area contributed by atoms with Gasteiger partial charge in [0, 0.05) is 0 Å². The van der Waals surface area contributed by atoms with Crippen LogP contribution in [-0.2, 0) is 6.42 Å². The number of hydrogen-bond acceptors (Lipinski definition) is 3. The van der Waals surface area contributed by atoms with Crippen molar-refractivity contribution in [2.45, 2.75) is 71.4 Å². The highest BCUT2D eigenvalue weighted by Crippen LogP contribution is 2.35. The molecule has 0 aliphatic heterocycles. The zero-order chi connectivity index (χ0) is 14.9. The monoisotopic (exact) mass is 343 g/mol. The summed E-state index contributed by atoms with van der Waals surface area (Å²) < 4.78 is 2.74. The average molecular weight is 344 g/mol. The van der Waals surface area contributed by atoms with Gasteiger partial charge in [0.05, 0.1) is 22.3 Å². The summed E-state index contributed by atoms with van der Waals surface area (Å²) in [6, 6.07) is 0.0162. The Bertz CT molecular complexity index is 464. The van der Waals surface area contributed by atoms with E-state index >= 15 is 0 Å². The maximum atomic E-state index is 10.3. The Morgan fingerprint density at radius 2 is 1.95 bits per heavy atom. The quantitative estimate of drug-likeness (QED) is 0.805. The van der Waals surface area contributed by atoms with Crippen LogP contribution in [0.1, 0.15) is 64.6 Å². The van der Waals surface area contributed by atoms with Crippen LogP contribution in [0, 0.1) is 5.41 Å². The Kier molecular flexibility index (Phi) is 4.80. The van der Waals surface area contributed by atoms with E-state index in [1.807, 2.05) is 4.68 Å². The molecular weight excluding hydrogens is 318 g/mol. The second-order valence-corrected chi connectivity index (χ2v) is 7.89. The first-order chi connectivity index (χ1) is 9.29. The first-order valence-electron chi connectivity index (χ1n) is 7.50. The van der Waals surface area contributed by atoms with Crippen LogP contribution in [0.15, 0.2) is 4.47 Å². The lowest BCUT2D eigenvalue weighted by atomic mass is 9.91. The minimum absolute atomic E-state index is 0.0162. The van der Waals surface area contributed by atoms with Crippen molar-refractivity contribution in [3.8, 4) is 0 Å². The summed E-state index contributed by atoms with van der Waals surface area (Å²) in [4.78, 5) is 0. The zero-order valence-corrected chi connectivity index (χ0v) is 14.3. The van der Waals surface area contributed by atoms with E-state index in [9.17, 15) is 5.11 Å². The third-order valence-electron chi connectivity index (χ3n) is 3.91. The zero-order valence-electron chi connectivity index (χ0n) is 12.7. The van der Waals surface area contributed by atoms with E-state index in [0.717, 1.165) is 42.3 Å². The summed E-state index contributed by atoms with van der Waals surface area (Å²) in [5.41, 5.74) is 7.36. The molecular formula is C15H26BrN3O. The van der Waals surface area contributed by atoms with Crippen molar-refractivity contribution in [2.75, 3.05) is 5.73 Å². The number of nitrogens with zero attached hydrogens (tertiary/aromatic N) is 2. The van der Waals surface area contributed by atoms with Crippen molar-refractivity contribution < 1.29 is 5.11 Å². The maximum Gasteiger partial charge on any atom is 0.136 e. The Morgan fingerprint density at radius 1 is 1.30 bits per heavy atom. The van der Waals surface area contributed by atoms with Crippen LogP contribution in [0.4, 0.5) is 5.82 Å². The number of anilines is 1. The minimum atomic E-state index is -0.339. The molecule has 4 nitrogen and oxygen atoms in total. The molecule has 2 unspecified atom stereocenters. The van der Waals surface area contributed by atoms with Crippen molar-refractivity contribution in [3.63, 3.8) is 0 Å². The predicted octanol–water partition coefficient (Wildman–Crippen LogP) is 3.68. The van der Waals surface area contributed by atoms with Gasteiger partial charge in [0.2, 0.25) is 0 Å². The van der Waals surface area contributed by atoms with E-state index in [2.05, 4.69) is 36.7 Å². The van der Waals surface area contributed by atoms with Gasteiger partial charge in [-0.25, -0.2) is 4.68 Å². The normalized spacial score (nSPS) is 24.6. The molecule has 1 fully saturated rings. The number of nitrogens with two attached hydrogens (primary N) is 1. The van der Waals surface area contributed by atoms with Crippen LogP contribution in [0.2, 0.25) is 0 Å². The van der Waals surface area contributed by atoms with Crippen LogP contribution in [0.5, 0.6) is 0 Å². The molecule has 0 bridgehead atoms. The fraction of sp³-hybridized carbons (Fsp3) is 0.800. The number of aliphatic hydroxyl groups excluding tert-OH is 1. The molecule has 1 aliphatic carbocycles. The number of aromatic nitrogens is 2. The fourth-order valence-corrected chi connectivity index (χ4v) is 3.30. The summed E-state index contributed by atoms with van der Waals surface area (Å²) in [6.07, 6.45) is 5.74. The van der Waals surface area contributed by atoms with Gasteiger partial charge in [-0.15, -0.1) is 0 Å². The van der Waals surface area contributed by atoms with Crippen LogP contribution >= 0.6 is 15.9 Å². The minimum Gasteiger partial charge on any atom is -0.391 e. The largest absolute Gasteiger partial charge is 0.391 e. The second-order valence-electron chi connectivity index (χ2n) is 7.10. The average Bonchev–Trinajstić information content (AvgIpc) is 2.54. The molecule has 2 atom stereocenters. The van der Waals surface area contributed by atoms with Crippen molar-refractivity contribution in [2.24, 2.45) is 5.41 Å². The van der Waals surface area contributed by atoms with E-state index in [0.29, 0.717) is 5.82 Å². The van der Waals surface area contributed by atoms with E-state index in [-0.39, 0.29) is 17.6 Å². The summed E-state index contributed by atoms with van der Waals surface area (Å²) in [7, 11) is 0. The highest BCUT2D eigenvalue weighted by molar-refractivity contribution is 9.10. The molecule has 5 heteroatoms. The van der Waals surface area contributed by atoms with Crippen molar-refractivity contribution in [3.05, 3.63) is 10.2 Å². The molecule has 20 heavy (non-hydrogen) atoms. The summed E-state index contributed by atoms with van der Waals surface area (Å²) in [6.45, 7) is 6.57. The molecule has 0 aromatic carbocycles. The van der Waals surface area contributed by atoms with Gasteiger partial charge < -0.3 is 10.8 Å². The molecule has 0 radical (unpaired) electrons. The number of rotatable bonds is 2. The molecule has 1 aliphatic rings. The number of nitrogen functional groups attached to an aromatic ring is 1. The third kappa shape index (κ3) is 3.55. The molecule has 2 rings (SSSR count). The molecule has 1 aromatic heterocycles. The molecule has 1 heterocycles. The number of halogens is 1. The van der Waals surface area contributed by atoms with Gasteiger partial charge in [-0.2, -0.15) is 5.10 Å². The Balaban J connectivity index is 2.29. The van der Waals surface area contributed by atoms with Gasteiger partial charge in [0.15, 0.2) is 0 Å². The summed E-state index contributed by atoms with van der Waals surface area (Å²) in [5.74, 6) is 0.648. The Hall–Kier alpha value is -0.550. The molecule has 1 saturated carbocycles. The van der Waals surface area contributed by atoms with Gasteiger partial charge >= 0.3 is 0 Å². The van der Waals surface area contributed by atoms with Crippen molar-refractivity contribution >= 4 is 21.7 Å². The van der Waals surface area contributed by atoms with Crippen molar-refractivity contribution in [1.82, 2.24) is 9.78 Å². The molecule has 0 amide bonds. The topological polar surface area (TPSA) is 64.1 Å². The van der Waals surface area contributed by atoms with Gasteiger partial charge in [0.25, 0.3) is 0 Å². The van der Waals surface area contributed by atoms with Crippen LogP contribution in [0.3, 0.4) is 0 Å². The fourth-order valence-electron chi connectivity index (χ4n) is 2.90. The van der Waals surface area contributed by atoms with E-state index in [1.54, 1.807) is 0 Å². The molecule has 3 N–H and O–H groups in total. The summed E-state index contributed by atoms with van der Waals surface area (Å²) >= 11 is 3.57. The van der Waals surface area contributed by atoms with E-state index in [1.165, 1.54) is 6.42 Å². The lowest BCUT2D eigenvalue weighted by Gasteiger charge is -2.22. The molecule has 0 saturated heterocycles. The van der Waals surface area contributed by atoms with Gasteiger partial charge in [0.1, 0.15) is 5.82 Å². The smallest absolute Gasteiger partial charge is 0.136 e. The van der Waals surface area contributed by atoms with Crippen LogP contribution in [0.25, 0.3) is 0 Å². The second kappa shape index (κ2) is 6.06. The lowest BCUT2D eigenvalue weighted by molar-refractivity contribution is 0.0999. The first-order valence-corrected chi connectivity index (χ1v) is 8.29. The predicted molar refractivity (Wildman–Crippen MR) is 85.6 cm³/mol. The maximum absolute atomic E-state index is 10.3. The number of aliphatic hydroxyl groups is 1. The van der Waals surface area contributed by atoms with Crippen LogP contribution in [-0.4, -0.2) is 21.0 Å². The highest BCUT2D eigenvalue weighted by atomic mass is 79.9. The van der Waals surface area contributed by atoms with E-state index < -0.39 is 0 Å². The Labute approximate surface area is 129 Å². The molecule has 114 valence electrons. The van der Waals surface area contributed by atoms with Crippen molar-refractivity contribution in [1.29, 1.82) is 0 Å². The third-order valence-corrected chi connectivity index (χ3v) is 4.77. The highest BCUT2D eigenvalue weighted by Gasteiger charge is 2.28. The van der Waals surface area contributed by atoms with E-state index in [4.69, 9.17) is 10.8 Å². The van der Waals surface area contributed by atoms with Gasteiger partial charge in [-0.05, 0) is 40.6 Å². The number of hydrogen-bond donors (Lipinski definition) is 2. The van der Waals surface area contributed by atoms with Crippen LogP contribution < -0.4 is 5.73 Å². The standard InChI is InChI=1S/C15H26BrN3O/c1-15(2,3)9-10-13(16)14(17)19(18-10)11-7-5-4-6-8-12(11)20/h11-12,20H,4-9,17H2,1-3H3. The summed E-state index contributed by atoms with van der Waals surface area (Å²) in [5, 5.41) is 15.0. The van der Waals surface area contributed by atoms with Gasteiger partial charge in [-0.1, -0.05) is 40.0 Å². The molecule has 0 spiro atoms. The SMILES string of the molecule is CC(C)(C)Cc1nn(C2CCCCCC2O)c(N)c1Br. The van der Waals surface area contributed by atoms with Gasteiger partial charge in [-0.3, -0.25) is 0 Å². The Morgan fingerprint density at radius 3 is 2.60 bits per heavy atom. The first kappa shape index (κ1) is 15.8. The lowest BCUT2D eigenvalue weighted by Crippen LogP contribution is -2.25. The molecule has 1 aromatic rings.